The second kappa shape index (κ2) is 6.97. The number of aryl methyl sites for hydroxylation is 1. The van der Waals surface area contributed by atoms with Gasteiger partial charge in [0.05, 0.1) is 11.7 Å². The molecule has 23 heavy (non-hydrogen) atoms. The quantitative estimate of drug-likeness (QED) is 0.795. The van der Waals surface area contributed by atoms with Gasteiger partial charge >= 0.3 is 0 Å². The van der Waals surface area contributed by atoms with Crippen molar-refractivity contribution >= 4 is 5.91 Å². The molecule has 0 spiro atoms. The molecule has 3 N–H and O–H groups in total. The maximum absolute atomic E-state index is 14.0. The van der Waals surface area contributed by atoms with E-state index in [1.54, 1.807) is 19.1 Å². The van der Waals surface area contributed by atoms with Gasteiger partial charge in [0.15, 0.2) is 0 Å². The number of amides is 1. The van der Waals surface area contributed by atoms with Crippen molar-refractivity contribution in [1.29, 1.82) is 0 Å². The minimum absolute atomic E-state index is 0.0219. The van der Waals surface area contributed by atoms with E-state index in [2.05, 4.69) is 10.6 Å². The monoisotopic (exact) mass is 320 g/mol. The summed E-state index contributed by atoms with van der Waals surface area (Å²) < 4.78 is 14.0. The zero-order valence-corrected chi connectivity index (χ0v) is 13.5. The number of hydrogen-bond donors (Lipinski definition) is 3. The van der Waals surface area contributed by atoms with Crippen LogP contribution in [0.2, 0.25) is 0 Å². The Morgan fingerprint density at radius 2 is 2.00 bits per heavy atom. The molecule has 0 radical (unpaired) electrons. The first-order valence-electron chi connectivity index (χ1n) is 8.50. The van der Waals surface area contributed by atoms with E-state index in [4.69, 9.17) is 0 Å². The topological polar surface area (TPSA) is 61.4 Å². The van der Waals surface area contributed by atoms with E-state index in [0.717, 1.165) is 44.3 Å². The zero-order chi connectivity index (χ0) is 16.4. The van der Waals surface area contributed by atoms with Crippen molar-refractivity contribution in [1.82, 2.24) is 10.6 Å². The normalized spacial score (nSPS) is 26.4. The zero-order valence-electron chi connectivity index (χ0n) is 13.5. The molecule has 1 heterocycles. The van der Waals surface area contributed by atoms with Crippen LogP contribution in [0.5, 0.6) is 0 Å². The lowest BCUT2D eigenvalue weighted by Crippen LogP contribution is -2.53. The summed E-state index contributed by atoms with van der Waals surface area (Å²) in [5.41, 5.74) is 0.908. The summed E-state index contributed by atoms with van der Waals surface area (Å²) in [7, 11) is 0. The Morgan fingerprint density at radius 3 is 2.61 bits per heavy atom. The minimum atomic E-state index is -0.472. The molecule has 1 saturated carbocycles. The molecule has 0 unspecified atom stereocenters. The first kappa shape index (κ1) is 16.4. The van der Waals surface area contributed by atoms with Gasteiger partial charge in [-0.1, -0.05) is 6.07 Å². The lowest BCUT2D eigenvalue weighted by Gasteiger charge is -2.43. The highest BCUT2D eigenvalue weighted by Gasteiger charge is 2.39. The van der Waals surface area contributed by atoms with E-state index in [9.17, 15) is 14.3 Å². The molecule has 1 aromatic carbocycles. The number of piperidine rings is 1. The number of halogens is 1. The molecule has 2 fully saturated rings. The largest absolute Gasteiger partial charge is 0.393 e. The standard InChI is InChI=1S/C18H25FN2O2/c1-11-2-3-15(16(19)8-11)18(23)21-17(13-9-14(22)10-13)12-4-6-20-7-5-12/h2-3,8,12-14,17,20,22H,4-7,9-10H2,1H3,(H,21,23)/t13?,14?,17-/m1/s1. The van der Waals surface area contributed by atoms with Crippen LogP contribution in [-0.4, -0.2) is 36.2 Å². The van der Waals surface area contributed by atoms with Crippen LogP contribution in [0, 0.1) is 24.6 Å². The van der Waals surface area contributed by atoms with E-state index < -0.39 is 5.82 Å². The van der Waals surface area contributed by atoms with Crippen LogP contribution in [0.3, 0.4) is 0 Å². The first-order valence-corrected chi connectivity index (χ1v) is 8.50. The lowest BCUT2D eigenvalue weighted by molar-refractivity contribution is 0.00914. The third kappa shape index (κ3) is 3.72. The molecule has 1 aromatic rings. The number of carbonyl (C=O) groups excluding carboxylic acids is 1. The van der Waals surface area contributed by atoms with Gasteiger partial charge in [0.25, 0.3) is 5.91 Å². The van der Waals surface area contributed by atoms with Gasteiger partial charge in [-0.25, -0.2) is 4.39 Å². The van der Waals surface area contributed by atoms with E-state index in [-0.39, 0.29) is 23.6 Å². The molecule has 5 heteroatoms. The van der Waals surface area contributed by atoms with Gasteiger partial charge in [0, 0.05) is 6.04 Å². The fourth-order valence-corrected chi connectivity index (χ4v) is 3.78. The Morgan fingerprint density at radius 1 is 1.30 bits per heavy atom. The third-order valence-corrected chi connectivity index (χ3v) is 5.22. The molecule has 1 atom stereocenters. The van der Waals surface area contributed by atoms with Crippen molar-refractivity contribution in [2.45, 2.75) is 44.8 Å². The molecule has 2 aliphatic rings. The summed E-state index contributed by atoms with van der Waals surface area (Å²) in [5, 5.41) is 16.0. The Kier molecular flexibility index (Phi) is 4.97. The van der Waals surface area contributed by atoms with Crippen LogP contribution in [0.4, 0.5) is 4.39 Å². The van der Waals surface area contributed by atoms with Crippen molar-refractivity contribution in [3.05, 3.63) is 35.1 Å². The van der Waals surface area contributed by atoms with Crippen LogP contribution in [0.1, 0.15) is 41.6 Å². The average molecular weight is 320 g/mol. The molecule has 1 saturated heterocycles. The van der Waals surface area contributed by atoms with Crippen LogP contribution in [-0.2, 0) is 0 Å². The Balaban J connectivity index is 1.73. The van der Waals surface area contributed by atoms with Gasteiger partial charge in [0.2, 0.25) is 0 Å². The highest BCUT2D eigenvalue weighted by atomic mass is 19.1. The van der Waals surface area contributed by atoms with Gasteiger partial charge in [-0.3, -0.25) is 4.79 Å². The van der Waals surface area contributed by atoms with Crippen LogP contribution in [0.25, 0.3) is 0 Å². The van der Waals surface area contributed by atoms with Crippen LogP contribution in [0.15, 0.2) is 18.2 Å². The SMILES string of the molecule is Cc1ccc(C(=O)N[C@H](C2CCNCC2)C2CC(O)C2)c(F)c1. The number of hydrogen-bond acceptors (Lipinski definition) is 3. The maximum Gasteiger partial charge on any atom is 0.254 e. The summed E-state index contributed by atoms with van der Waals surface area (Å²) in [5.74, 6) is -0.121. The first-order chi connectivity index (χ1) is 11.0. The van der Waals surface area contributed by atoms with E-state index in [1.807, 2.05) is 0 Å². The van der Waals surface area contributed by atoms with Gasteiger partial charge in [-0.2, -0.15) is 0 Å². The lowest BCUT2D eigenvalue weighted by atomic mass is 9.71. The summed E-state index contributed by atoms with van der Waals surface area (Å²) in [6.45, 7) is 3.70. The van der Waals surface area contributed by atoms with Crippen molar-refractivity contribution in [2.24, 2.45) is 11.8 Å². The molecule has 0 aromatic heterocycles. The summed E-state index contributed by atoms with van der Waals surface area (Å²) in [6.07, 6.45) is 3.22. The average Bonchev–Trinajstić information content (AvgIpc) is 2.50. The molecule has 1 aliphatic carbocycles. The van der Waals surface area contributed by atoms with Crippen LogP contribution >= 0.6 is 0 Å². The summed E-state index contributed by atoms with van der Waals surface area (Å²) >= 11 is 0. The molecule has 126 valence electrons. The van der Waals surface area contributed by atoms with Crippen molar-refractivity contribution in [3.63, 3.8) is 0 Å². The second-order valence-corrected chi connectivity index (χ2v) is 6.96. The third-order valence-electron chi connectivity index (χ3n) is 5.22. The van der Waals surface area contributed by atoms with Crippen molar-refractivity contribution in [2.75, 3.05) is 13.1 Å². The highest BCUT2D eigenvalue weighted by Crippen LogP contribution is 2.36. The molecule has 1 amide bonds. The van der Waals surface area contributed by atoms with E-state index >= 15 is 0 Å². The summed E-state index contributed by atoms with van der Waals surface area (Å²) in [4.78, 5) is 12.5. The highest BCUT2D eigenvalue weighted by molar-refractivity contribution is 5.94. The second-order valence-electron chi connectivity index (χ2n) is 6.96. The number of nitrogens with one attached hydrogen (secondary N) is 2. The van der Waals surface area contributed by atoms with Gasteiger partial charge in [-0.15, -0.1) is 0 Å². The Bertz CT molecular complexity index is 566. The minimum Gasteiger partial charge on any atom is -0.393 e. The summed E-state index contributed by atoms with van der Waals surface area (Å²) in [6, 6.07) is 4.72. The van der Waals surface area contributed by atoms with Crippen molar-refractivity contribution in [3.8, 4) is 0 Å². The Hall–Kier alpha value is -1.46. The smallest absolute Gasteiger partial charge is 0.254 e. The predicted molar refractivity (Wildman–Crippen MR) is 86.7 cm³/mol. The molecule has 3 rings (SSSR count). The van der Waals surface area contributed by atoms with Gasteiger partial charge in [-0.05, 0) is 75.2 Å². The molecular formula is C18H25FN2O2. The molecule has 4 nitrogen and oxygen atoms in total. The maximum atomic E-state index is 14.0. The molecule has 0 bridgehead atoms. The van der Waals surface area contributed by atoms with Crippen molar-refractivity contribution < 1.29 is 14.3 Å². The van der Waals surface area contributed by atoms with Gasteiger partial charge < -0.3 is 15.7 Å². The fraction of sp³-hybridized carbons (Fsp3) is 0.611. The fourth-order valence-electron chi connectivity index (χ4n) is 3.78. The number of benzene rings is 1. The number of aliphatic hydroxyl groups excluding tert-OH is 1. The number of carbonyl (C=O) groups is 1. The van der Waals surface area contributed by atoms with Gasteiger partial charge in [0.1, 0.15) is 5.82 Å². The van der Waals surface area contributed by atoms with Crippen LogP contribution < -0.4 is 10.6 Å². The van der Waals surface area contributed by atoms with E-state index in [1.165, 1.54) is 6.07 Å². The van der Waals surface area contributed by atoms with E-state index in [0.29, 0.717) is 11.8 Å². The Labute approximate surface area is 136 Å². The predicted octanol–water partition coefficient (Wildman–Crippen LogP) is 2.00. The molecular weight excluding hydrogens is 295 g/mol. The number of aliphatic hydroxyl groups is 1. The number of rotatable bonds is 4. The molecule has 1 aliphatic heterocycles.